The number of thioether (sulfide) groups is 1. The van der Waals surface area contributed by atoms with Gasteiger partial charge in [-0.3, -0.25) is 0 Å². The molecular weight excluding hydrogens is 227 g/mol. The highest BCUT2D eigenvalue weighted by molar-refractivity contribution is 14.0. The van der Waals surface area contributed by atoms with Crippen LogP contribution in [0.4, 0.5) is 0 Å². The smallest absolute Gasteiger partial charge is 0.0361 e. The van der Waals surface area contributed by atoms with Gasteiger partial charge in [0.2, 0.25) is 0 Å². The van der Waals surface area contributed by atoms with Gasteiger partial charge in [-0.1, -0.05) is 6.92 Å². The number of rotatable bonds is 2. The van der Waals surface area contributed by atoms with Crippen LogP contribution in [0, 0.1) is 0 Å². The molecule has 0 spiro atoms. The molecule has 6 heavy (non-hydrogen) atoms. The second-order valence-electron chi connectivity index (χ2n) is 0.622. The highest BCUT2D eigenvalue weighted by Gasteiger charge is 1.67. The van der Waals surface area contributed by atoms with Crippen molar-refractivity contribution in [1.29, 1.82) is 0 Å². The molecule has 0 aliphatic rings. The molecule has 0 N–H and O–H groups in total. The fourth-order valence-corrected chi connectivity index (χ4v) is 0.822. The van der Waals surface area contributed by atoms with Crippen molar-refractivity contribution in [2.24, 2.45) is 0 Å². The Balaban J connectivity index is 0. The molecule has 0 saturated heterocycles. The Morgan fingerprint density at radius 2 is 2.17 bits per heavy atom. The lowest BCUT2D eigenvalue weighted by atomic mass is 11.0. The molecule has 0 aliphatic heterocycles. The van der Waals surface area contributed by atoms with E-state index in [2.05, 4.69) is 19.6 Å². The van der Waals surface area contributed by atoms with Gasteiger partial charge in [-0.15, -0.1) is 24.0 Å². The first-order valence-electron chi connectivity index (χ1n) is 1.60. The van der Waals surface area contributed by atoms with Crippen molar-refractivity contribution >= 4 is 48.4 Å². The van der Waals surface area contributed by atoms with Gasteiger partial charge in [0, 0.05) is 5.08 Å². The Kier molecular flexibility index (Phi) is 16.8. The summed E-state index contributed by atoms with van der Waals surface area (Å²) in [5, 5.41) is 0.955. The molecule has 40 valence electrons. The molecule has 0 bridgehead atoms. The Labute approximate surface area is 65.9 Å². The molecule has 0 radical (unpaired) electrons. The van der Waals surface area contributed by atoms with Crippen molar-refractivity contribution in [3.05, 3.63) is 0 Å². The number of hydrogen-bond donors (Lipinski definition) is 1. The van der Waals surface area contributed by atoms with E-state index in [1.807, 2.05) is 11.8 Å². The van der Waals surface area contributed by atoms with E-state index in [1.165, 1.54) is 5.75 Å². The molecular formula is C3H9IS2. The third-order valence-corrected chi connectivity index (χ3v) is 1.43. The molecule has 0 rings (SSSR count). The summed E-state index contributed by atoms with van der Waals surface area (Å²) in [7, 11) is 0. The molecule has 0 saturated carbocycles. The molecule has 0 aromatic heterocycles. The van der Waals surface area contributed by atoms with Crippen molar-refractivity contribution in [3.8, 4) is 0 Å². The van der Waals surface area contributed by atoms with Crippen LogP contribution in [0.1, 0.15) is 6.92 Å². The maximum absolute atomic E-state index is 3.96. The van der Waals surface area contributed by atoms with Gasteiger partial charge in [-0.25, -0.2) is 0 Å². The number of thiol groups is 1. The second-order valence-corrected chi connectivity index (χ2v) is 2.64. The van der Waals surface area contributed by atoms with Crippen LogP contribution >= 0.6 is 48.4 Å². The Morgan fingerprint density at radius 1 is 1.67 bits per heavy atom. The van der Waals surface area contributed by atoms with Crippen LogP contribution in [0.25, 0.3) is 0 Å². The molecule has 0 aromatic carbocycles. The van der Waals surface area contributed by atoms with Gasteiger partial charge in [0.25, 0.3) is 0 Å². The maximum Gasteiger partial charge on any atom is 0.0361 e. The van der Waals surface area contributed by atoms with Crippen molar-refractivity contribution < 1.29 is 0 Å². The minimum Gasteiger partial charge on any atom is -0.168 e. The van der Waals surface area contributed by atoms with E-state index < -0.39 is 0 Å². The van der Waals surface area contributed by atoms with E-state index in [9.17, 15) is 0 Å². The zero-order valence-corrected chi connectivity index (χ0v) is 7.72. The van der Waals surface area contributed by atoms with Gasteiger partial charge in [-0.2, -0.15) is 24.4 Å². The molecule has 0 heterocycles. The summed E-state index contributed by atoms with van der Waals surface area (Å²) < 4.78 is 0. The number of hydrogen-bond acceptors (Lipinski definition) is 2. The summed E-state index contributed by atoms with van der Waals surface area (Å²) in [6.45, 7) is 2.13. The summed E-state index contributed by atoms with van der Waals surface area (Å²) in [6, 6.07) is 0. The Morgan fingerprint density at radius 3 is 2.17 bits per heavy atom. The van der Waals surface area contributed by atoms with Crippen LogP contribution in [-0.4, -0.2) is 10.8 Å². The van der Waals surface area contributed by atoms with Gasteiger partial charge < -0.3 is 0 Å². The molecule has 3 heteroatoms. The van der Waals surface area contributed by atoms with E-state index in [4.69, 9.17) is 0 Å². The topological polar surface area (TPSA) is 0 Å². The first-order chi connectivity index (χ1) is 2.41. The average Bonchev–Trinajstić information content (AvgIpc) is 1.41. The first-order valence-corrected chi connectivity index (χ1v) is 3.39. The standard InChI is InChI=1S/C3H8S2.HI/c1-2-5-3-4;/h4H,2-3H2,1H3;1H. The van der Waals surface area contributed by atoms with Crippen LogP contribution in [0.3, 0.4) is 0 Å². The van der Waals surface area contributed by atoms with Gasteiger partial charge in [0.05, 0.1) is 0 Å². The Bertz CT molecular complexity index is 16.3. The number of halogens is 1. The minimum absolute atomic E-state index is 0. The summed E-state index contributed by atoms with van der Waals surface area (Å²) >= 11 is 5.79. The zero-order chi connectivity index (χ0) is 4.12. The Hall–Kier alpha value is 1.43. The predicted molar refractivity (Wildman–Crippen MR) is 47.4 cm³/mol. The van der Waals surface area contributed by atoms with Crippen LogP contribution in [-0.2, 0) is 0 Å². The van der Waals surface area contributed by atoms with Crippen LogP contribution in [0.2, 0.25) is 0 Å². The summed E-state index contributed by atoms with van der Waals surface area (Å²) in [6.07, 6.45) is 0. The lowest BCUT2D eigenvalue weighted by Crippen LogP contribution is -1.60. The van der Waals surface area contributed by atoms with Crippen molar-refractivity contribution in [1.82, 2.24) is 0 Å². The maximum atomic E-state index is 3.96. The molecule has 0 amide bonds. The zero-order valence-electron chi connectivity index (χ0n) is 3.68. The monoisotopic (exact) mass is 236 g/mol. The third kappa shape index (κ3) is 9.06. The lowest BCUT2D eigenvalue weighted by Gasteiger charge is -1.80. The van der Waals surface area contributed by atoms with E-state index >= 15 is 0 Å². The SMILES string of the molecule is CCSCS.I. The van der Waals surface area contributed by atoms with Crippen molar-refractivity contribution in [2.75, 3.05) is 10.8 Å². The molecule has 0 nitrogen and oxygen atoms in total. The fraction of sp³-hybridized carbons (Fsp3) is 1.00. The van der Waals surface area contributed by atoms with Crippen LogP contribution in [0.15, 0.2) is 0 Å². The van der Waals surface area contributed by atoms with Gasteiger partial charge in [0.1, 0.15) is 0 Å². The van der Waals surface area contributed by atoms with Crippen molar-refractivity contribution in [2.45, 2.75) is 6.92 Å². The summed E-state index contributed by atoms with van der Waals surface area (Å²) in [4.78, 5) is 0. The summed E-state index contributed by atoms with van der Waals surface area (Å²) in [5.41, 5.74) is 0. The largest absolute Gasteiger partial charge is 0.168 e. The first kappa shape index (κ1) is 10.4. The van der Waals surface area contributed by atoms with E-state index in [1.54, 1.807) is 0 Å². The van der Waals surface area contributed by atoms with Gasteiger partial charge in [-0.05, 0) is 5.75 Å². The molecule has 0 aliphatic carbocycles. The highest BCUT2D eigenvalue weighted by Crippen LogP contribution is 1.97. The third-order valence-electron chi connectivity index (χ3n) is 0.295. The van der Waals surface area contributed by atoms with E-state index in [0.29, 0.717) is 0 Å². The lowest BCUT2D eigenvalue weighted by molar-refractivity contribution is 1.53. The molecule has 0 atom stereocenters. The van der Waals surface area contributed by atoms with E-state index in [0.717, 1.165) is 5.08 Å². The van der Waals surface area contributed by atoms with Crippen LogP contribution < -0.4 is 0 Å². The van der Waals surface area contributed by atoms with Gasteiger partial charge >= 0.3 is 0 Å². The predicted octanol–water partition coefficient (Wildman–Crippen LogP) is 2.24. The molecule has 0 fully saturated rings. The molecule has 0 unspecified atom stereocenters. The minimum atomic E-state index is 0. The summed E-state index contributed by atoms with van der Waals surface area (Å²) in [5.74, 6) is 1.18. The quantitative estimate of drug-likeness (QED) is 0.436. The van der Waals surface area contributed by atoms with Gasteiger partial charge in [0.15, 0.2) is 0 Å². The fourth-order valence-electron chi connectivity index (χ4n) is 0.0913. The highest BCUT2D eigenvalue weighted by atomic mass is 127. The second kappa shape index (κ2) is 9.66. The average molecular weight is 236 g/mol. The normalized spacial score (nSPS) is 7.00. The van der Waals surface area contributed by atoms with Crippen LogP contribution in [0.5, 0.6) is 0 Å². The van der Waals surface area contributed by atoms with E-state index in [-0.39, 0.29) is 24.0 Å². The molecule has 0 aromatic rings. The van der Waals surface area contributed by atoms with Crippen molar-refractivity contribution in [3.63, 3.8) is 0 Å².